The highest BCUT2D eigenvalue weighted by Crippen LogP contribution is 2.07. The second-order valence-corrected chi connectivity index (χ2v) is 3.51. The maximum Gasteiger partial charge on any atom is 0.234 e. The molecule has 4 nitrogen and oxygen atoms in total. The quantitative estimate of drug-likeness (QED) is 0.698. The van der Waals surface area contributed by atoms with Gasteiger partial charge in [-0.2, -0.15) is 0 Å². The van der Waals surface area contributed by atoms with Crippen LogP contribution < -0.4 is 11.5 Å². The first-order valence-corrected chi connectivity index (χ1v) is 4.65. The minimum atomic E-state index is -0.905. The summed E-state index contributed by atoms with van der Waals surface area (Å²) in [6.45, 7) is 1.89. The molecule has 0 aromatic heterocycles. The van der Waals surface area contributed by atoms with Crippen molar-refractivity contribution < 1.29 is 9.59 Å². The van der Waals surface area contributed by atoms with Crippen LogP contribution in [0.2, 0.25) is 0 Å². The molecular formula is C11H14N2O2. The molecule has 0 radical (unpaired) electrons. The first-order chi connectivity index (χ1) is 7.00. The van der Waals surface area contributed by atoms with Gasteiger partial charge in [-0.05, 0) is 13.0 Å². The molecule has 80 valence electrons. The summed E-state index contributed by atoms with van der Waals surface area (Å²) in [6.07, 6.45) is -0.0429. The normalized spacial score (nSPS) is 12.1. The fraction of sp³-hybridized carbons (Fsp3) is 0.273. The average molecular weight is 206 g/mol. The smallest absolute Gasteiger partial charge is 0.234 e. The van der Waals surface area contributed by atoms with E-state index in [1.54, 1.807) is 18.2 Å². The molecule has 0 saturated carbocycles. The van der Waals surface area contributed by atoms with Crippen molar-refractivity contribution >= 4 is 11.7 Å². The van der Waals surface area contributed by atoms with E-state index in [0.717, 1.165) is 5.56 Å². The zero-order valence-electron chi connectivity index (χ0n) is 8.57. The van der Waals surface area contributed by atoms with E-state index in [2.05, 4.69) is 0 Å². The van der Waals surface area contributed by atoms with Crippen LogP contribution >= 0.6 is 0 Å². The summed E-state index contributed by atoms with van der Waals surface area (Å²) in [5.74, 6) is -0.819. The van der Waals surface area contributed by atoms with E-state index in [1.165, 1.54) is 0 Å². The Labute approximate surface area is 88.3 Å². The zero-order chi connectivity index (χ0) is 11.4. The van der Waals surface area contributed by atoms with Gasteiger partial charge >= 0.3 is 0 Å². The van der Waals surface area contributed by atoms with Gasteiger partial charge in [0, 0.05) is 12.0 Å². The minimum Gasteiger partial charge on any atom is -0.368 e. The van der Waals surface area contributed by atoms with Gasteiger partial charge in [0.1, 0.15) is 0 Å². The molecule has 4 heteroatoms. The molecule has 0 bridgehead atoms. The largest absolute Gasteiger partial charge is 0.368 e. The van der Waals surface area contributed by atoms with Gasteiger partial charge in [0.15, 0.2) is 5.78 Å². The van der Waals surface area contributed by atoms with E-state index >= 15 is 0 Å². The molecule has 0 heterocycles. The number of aryl methyl sites for hydroxylation is 1. The van der Waals surface area contributed by atoms with Crippen LogP contribution in [0.25, 0.3) is 0 Å². The van der Waals surface area contributed by atoms with Crippen LogP contribution in [-0.2, 0) is 4.79 Å². The van der Waals surface area contributed by atoms with Crippen molar-refractivity contribution in [2.45, 2.75) is 19.4 Å². The SMILES string of the molecule is Cc1cccc(C(=O)CC(N)C(N)=O)c1. The molecule has 1 unspecified atom stereocenters. The van der Waals surface area contributed by atoms with E-state index in [-0.39, 0.29) is 12.2 Å². The number of hydrogen-bond donors (Lipinski definition) is 2. The summed E-state index contributed by atoms with van der Waals surface area (Å²) >= 11 is 0. The summed E-state index contributed by atoms with van der Waals surface area (Å²) in [7, 11) is 0. The predicted octanol–water partition coefficient (Wildman–Crippen LogP) is 0.380. The number of benzene rings is 1. The van der Waals surface area contributed by atoms with Gasteiger partial charge in [-0.3, -0.25) is 9.59 Å². The van der Waals surface area contributed by atoms with Crippen molar-refractivity contribution in [1.29, 1.82) is 0 Å². The van der Waals surface area contributed by atoms with Gasteiger partial charge in [-0.1, -0.05) is 23.8 Å². The van der Waals surface area contributed by atoms with Crippen LogP contribution in [0.4, 0.5) is 0 Å². The number of hydrogen-bond acceptors (Lipinski definition) is 3. The number of primary amides is 1. The van der Waals surface area contributed by atoms with E-state index in [0.29, 0.717) is 5.56 Å². The molecule has 1 rings (SSSR count). The lowest BCUT2D eigenvalue weighted by Crippen LogP contribution is -2.38. The van der Waals surface area contributed by atoms with Crippen molar-refractivity contribution in [2.75, 3.05) is 0 Å². The summed E-state index contributed by atoms with van der Waals surface area (Å²) in [5.41, 5.74) is 11.9. The Morgan fingerprint density at radius 3 is 2.60 bits per heavy atom. The Balaban J connectivity index is 2.73. The molecule has 1 aromatic carbocycles. The van der Waals surface area contributed by atoms with Gasteiger partial charge in [-0.15, -0.1) is 0 Å². The van der Waals surface area contributed by atoms with Gasteiger partial charge in [0.05, 0.1) is 6.04 Å². The van der Waals surface area contributed by atoms with Crippen molar-refractivity contribution in [3.8, 4) is 0 Å². The standard InChI is InChI=1S/C11H14N2O2/c1-7-3-2-4-8(5-7)10(14)6-9(12)11(13)15/h2-5,9H,6,12H2,1H3,(H2,13,15). The average Bonchev–Trinajstić information content (AvgIpc) is 2.17. The topological polar surface area (TPSA) is 86.2 Å². The minimum absolute atomic E-state index is 0.0429. The molecule has 0 aliphatic rings. The molecule has 0 aliphatic carbocycles. The predicted molar refractivity (Wildman–Crippen MR) is 57.3 cm³/mol. The summed E-state index contributed by atoms with van der Waals surface area (Å²) in [4.78, 5) is 22.3. The Morgan fingerprint density at radius 2 is 2.07 bits per heavy atom. The monoisotopic (exact) mass is 206 g/mol. The fourth-order valence-electron chi connectivity index (χ4n) is 1.24. The van der Waals surface area contributed by atoms with Crippen LogP contribution in [0.3, 0.4) is 0 Å². The Hall–Kier alpha value is -1.68. The number of carbonyl (C=O) groups excluding carboxylic acids is 2. The molecule has 0 spiro atoms. The van der Waals surface area contributed by atoms with E-state index < -0.39 is 11.9 Å². The van der Waals surface area contributed by atoms with Crippen molar-refractivity contribution in [1.82, 2.24) is 0 Å². The maximum atomic E-state index is 11.6. The van der Waals surface area contributed by atoms with Crippen LogP contribution in [0.1, 0.15) is 22.3 Å². The summed E-state index contributed by atoms with van der Waals surface area (Å²) in [6, 6.07) is 6.24. The second-order valence-electron chi connectivity index (χ2n) is 3.51. The van der Waals surface area contributed by atoms with Gasteiger partial charge in [0.25, 0.3) is 0 Å². The first kappa shape index (κ1) is 11.4. The molecular weight excluding hydrogens is 192 g/mol. The Bertz CT molecular complexity index is 388. The fourth-order valence-corrected chi connectivity index (χ4v) is 1.24. The number of nitrogens with two attached hydrogens (primary N) is 2. The van der Waals surface area contributed by atoms with Crippen LogP contribution in [-0.4, -0.2) is 17.7 Å². The third-order valence-electron chi connectivity index (χ3n) is 2.11. The molecule has 0 aliphatic heterocycles. The third-order valence-corrected chi connectivity index (χ3v) is 2.11. The van der Waals surface area contributed by atoms with E-state index in [1.807, 2.05) is 13.0 Å². The number of amides is 1. The molecule has 1 aromatic rings. The second kappa shape index (κ2) is 4.70. The lowest BCUT2D eigenvalue weighted by Gasteiger charge is -2.06. The zero-order valence-corrected chi connectivity index (χ0v) is 8.57. The third kappa shape index (κ3) is 3.18. The lowest BCUT2D eigenvalue weighted by atomic mass is 10.0. The molecule has 0 saturated heterocycles. The highest BCUT2D eigenvalue weighted by Gasteiger charge is 2.15. The molecule has 4 N–H and O–H groups in total. The first-order valence-electron chi connectivity index (χ1n) is 4.65. The maximum absolute atomic E-state index is 11.6. The Morgan fingerprint density at radius 1 is 1.40 bits per heavy atom. The number of Topliss-reactive ketones (excluding diaryl/α,β-unsaturated/α-hetero) is 1. The summed E-state index contributed by atoms with van der Waals surface area (Å²) < 4.78 is 0. The lowest BCUT2D eigenvalue weighted by molar-refractivity contribution is -0.119. The van der Waals surface area contributed by atoms with Gasteiger partial charge in [0.2, 0.25) is 5.91 Å². The molecule has 1 amide bonds. The van der Waals surface area contributed by atoms with Crippen molar-refractivity contribution in [3.05, 3.63) is 35.4 Å². The number of carbonyl (C=O) groups is 2. The molecule has 15 heavy (non-hydrogen) atoms. The van der Waals surface area contributed by atoms with E-state index in [4.69, 9.17) is 11.5 Å². The van der Waals surface area contributed by atoms with Gasteiger partial charge < -0.3 is 11.5 Å². The van der Waals surface area contributed by atoms with Crippen LogP contribution in [0.15, 0.2) is 24.3 Å². The Kier molecular flexibility index (Phi) is 3.57. The van der Waals surface area contributed by atoms with Crippen molar-refractivity contribution in [2.24, 2.45) is 11.5 Å². The highest BCUT2D eigenvalue weighted by molar-refractivity contribution is 5.99. The van der Waals surface area contributed by atoms with E-state index in [9.17, 15) is 9.59 Å². The van der Waals surface area contributed by atoms with Gasteiger partial charge in [-0.25, -0.2) is 0 Å². The van der Waals surface area contributed by atoms with Crippen LogP contribution in [0, 0.1) is 6.92 Å². The number of rotatable bonds is 4. The summed E-state index contributed by atoms with van der Waals surface area (Å²) in [5, 5.41) is 0. The molecule has 1 atom stereocenters. The van der Waals surface area contributed by atoms with Crippen molar-refractivity contribution in [3.63, 3.8) is 0 Å². The molecule has 0 fully saturated rings. The highest BCUT2D eigenvalue weighted by atomic mass is 16.1. The number of ketones is 1. The van der Waals surface area contributed by atoms with Crippen LogP contribution in [0.5, 0.6) is 0 Å².